The summed E-state index contributed by atoms with van der Waals surface area (Å²) in [6, 6.07) is 0. The number of hydrogen-bond acceptors (Lipinski definition) is 5. The first kappa shape index (κ1) is 14.5. The largest absolute Gasteiger partial charge is 0.481 e. The lowest BCUT2D eigenvalue weighted by molar-refractivity contribution is -0.146. The van der Waals surface area contributed by atoms with Gasteiger partial charge >= 0.3 is 18.7 Å². The molecule has 0 saturated carbocycles. The van der Waals surface area contributed by atoms with Gasteiger partial charge in [-0.15, -0.1) is 0 Å². The molecule has 7 nitrogen and oxygen atoms in total. The maximum atomic E-state index is 10.6. The van der Waals surface area contributed by atoms with Gasteiger partial charge in [0.1, 0.15) is 0 Å². The molecule has 0 heterocycles. The normalized spacial score (nSPS) is 16.7. The van der Waals surface area contributed by atoms with Crippen LogP contribution in [0.5, 0.6) is 0 Å². The van der Waals surface area contributed by atoms with Gasteiger partial charge in [-0.05, 0) is 18.2 Å². The molecular weight excluding hydrogens is 247 g/mol. The quantitative estimate of drug-likeness (QED) is 0.554. The third-order valence-corrected chi connectivity index (χ3v) is 3.07. The lowest BCUT2D eigenvalue weighted by Crippen LogP contribution is -2.24. The summed E-state index contributed by atoms with van der Waals surface area (Å²) in [5.74, 6) is -2.55. The van der Waals surface area contributed by atoms with Crippen molar-refractivity contribution in [3.63, 3.8) is 0 Å². The van der Waals surface area contributed by atoms with E-state index in [1.807, 2.05) is 0 Å². The Bertz CT molecular complexity index is 291. The number of aliphatic carboxylic acids is 2. The van der Waals surface area contributed by atoms with Crippen LogP contribution in [0.4, 0.5) is 0 Å². The minimum Gasteiger partial charge on any atom is -0.481 e. The van der Waals surface area contributed by atoms with Crippen LogP contribution in [0.25, 0.3) is 0 Å². The fourth-order valence-corrected chi connectivity index (χ4v) is 1.59. The molecule has 0 aliphatic carbocycles. The Kier molecular flexibility index (Phi) is 5.92. The van der Waals surface area contributed by atoms with Crippen molar-refractivity contribution >= 4 is 30.5 Å². The molecule has 0 aliphatic rings. The highest BCUT2D eigenvalue weighted by Crippen LogP contribution is 2.44. The van der Waals surface area contributed by atoms with Crippen LogP contribution in [0.2, 0.25) is 0 Å². The van der Waals surface area contributed by atoms with Crippen LogP contribution in [-0.2, 0) is 30.4 Å². The lowest BCUT2D eigenvalue weighted by Gasteiger charge is -2.18. The Morgan fingerprint density at radius 3 is 2.33 bits per heavy atom. The zero-order chi connectivity index (χ0) is 12.1. The summed E-state index contributed by atoms with van der Waals surface area (Å²) in [6.07, 6.45) is -2.15. The highest BCUT2D eigenvalue weighted by Gasteiger charge is 2.26. The summed E-state index contributed by atoms with van der Waals surface area (Å²) in [6.45, 7) is -3.58. The van der Waals surface area contributed by atoms with Gasteiger partial charge < -0.3 is 19.6 Å². The predicted molar refractivity (Wildman–Crippen MR) is 52.9 cm³/mol. The van der Waals surface area contributed by atoms with Crippen molar-refractivity contribution < 1.29 is 33.7 Å². The van der Waals surface area contributed by atoms with Gasteiger partial charge in [0.2, 0.25) is 0 Å². The van der Waals surface area contributed by atoms with Crippen LogP contribution in [-0.4, -0.2) is 40.3 Å². The number of carboxylic acid groups (broad SMARTS) is 2. The van der Waals surface area contributed by atoms with Gasteiger partial charge in [0.05, 0.1) is 0 Å². The van der Waals surface area contributed by atoms with E-state index in [0.29, 0.717) is 0 Å². The number of carbonyl (C=O) groups is 2. The molecule has 9 heteroatoms. The maximum absolute atomic E-state index is 10.6. The van der Waals surface area contributed by atoms with E-state index in [1.165, 1.54) is 0 Å². The molecule has 0 amide bonds. The monoisotopic (exact) mass is 258 g/mol. The average Bonchev–Trinajstić information content (AvgIpc) is 2.11. The molecule has 0 fully saturated rings. The Balaban J connectivity index is 4.35. The van der Waals surface area contributed by atoms with Gasteiger partial charge in [-0.1, -0.05) is 0 Å². The van der Waals surface area contributed by atoms with E-state index >= 15 is 0 Å². The lowest BCUT2D eigenvalue weighted by atomic mass is 10.2. The third kappa shape index (κ3) is 6.53. The molecule has 3 N–H and O–H groups in total. The first-order valence-corrected chi connectivity index (χ1v) is 6.39. The first-order valence-electron chi connectivity index (χ1n) is 3.80. The Labute approximate surface area is 90.9 Å². The molecule has 0 rings (SSSR count). The standard InChI is InChI=1S/C6H11O7PS/c1-12-14(11,15)13-4(6(9)10)2-3-5(7)8/h4H,2-3H2,1H3,(H,7,8)(H,9,10)(H,11,15)/t4-,14?/m0/s1. The SMILES string of the molecule is COP(O)(=S)O[C@@H](CCC(=O)O)C(=O)O. The summed E-state index contributed by atoms with van der Waals surface area (Å²) in [4.78, 5) is 30.0. The van der Waals surface area contributed by atoms with Crippen molar-refractivity contribution in [1.29, 1.82) is 0 Å². The summed E-state index contributed by atoms with van der Waals surface area (Å²) >= 11 is 4.43. The van der Waals surface area contributed by atoms with E-state index in [-0.39, 0.29) is 6.42 Å². The molecule has 0 aliphatic heterocycles. The molecule has 15 heavy (non-hydrogen) atoms. The fourth-order valence-electron chi connectivity index (χ4n) is 0.680. The zero-order valence-electron chi connectivity index (χ0n) is 7.82. The maximum Gasteiger partial charge on any atom is 0.333 e. The van der Waals surface area contributed by atoms with Gasteiger partial charge in [-0.25, -0.2) is 4.79 Å². The molecule has 2 atom stereocenters. The number of hydrogen-bond donors (Lipinski definition) is 3. The summed E-state index contributed by atoms with van der Waals surface area (Å²) in [5, 5.41) is 17.0. The molecule has 88 valence electrons. The molecule has 0 aromatic carbocycles. The Hall–Kier alpha value is -0.530. The van der Waals surface area contributed by atoms with Gasteiger partial charge in [0.25, 0.3) is 0 Å². The van der Waals surface area contributed by atoms with E-state index in [1.54, 1.807) is 0 Å². The smallest absolute Gasteiger partial charge is 0.333 e. The molecule has 0 aromatic heterocycles. The van der Waals surface area contributed by atoms with E-state index in [0.717, 1.165) is 7.11 Å². The summed E-state index contributed by atoms with van der Waals surface area (Å²) in [5.41, 5.74) is 0. The van der Waals surface area contributed by atoms with Gasteiger partial charge in [0, 0.05) is 13.5 Å². The van der Waals surface area contributed by atoms with Crippen molar-refractivity contribution in [3.05, 3.63) is 0 Å². The molecule has 0 radical (unpaired) electrons. The highest BCUT2D eigenvalue weighted by atomic mass is 32.5. The second-order valence-electron chi connectivity index (χ2n) is 2.52. The zero-order valence-corrected chi connectivity index (χ0v) is 9.53. The van der Waals surface area contributed by atoms with E-state index in [9.17, 15) is 14.5 Å². The molecule has 0 saturated heterocycles. The van der Waals surface area contributed by atoms with E-state index < -0.39 is 31.2 Å². The second kappa shape index (κ2) is 6.14. The number of rotatable bonds is 7. The van der Waals surface area contributed by atoms with Crippen LogP contribution in [0.3, 0.4) is 0 Å². The Morgan fingerprint density at radius 1 is 1.47 bits per heavy atom. The van der Waals surface area contributed by atoms with Crippen LogP contribution < -0.4 is 0 Å². The van der Waals surface area contributed by atoms with Crippen molar-refractivity contribution in [2.45, 2.75) is 18.9 Å². The van der Waals surface area contributed by atoms with Gasteiger partial charge in [-0.2, -0.15) is 0 Å². The second-order valence-corrected chi connectivity index (χ2v) is 5.41. The molecule has 0 bridgehead atoms. The van der Waals surface area contributed by atoms with Crippen molar-refractivity contribution in [3.8, 4) is 0 Å². The van der Waals surface area contributed by atoms with Gasteiger partial charge in [-0.3, -0.25) is 9.32 Å². The van der Waals surface area contributed by atoms with Crippen LogP contribution in [0.1, 0.15) is 12.8 Å². The fraction of sp³-hybridized carbons (Fsp3) is 0.667. The van der Waals surface area contributed by atoms with E-state index in [2.05, 4.69) is 20.9 Å². The van der Waals surface area contributed by atoms with Crippen LogP contribution in [0, 0.1) is 0 Å². The number of carboxylic acids is 2. The molecule has 1 unspecified atom stereocenters. The van der Waals surface area contributed by atoms with Gasteiger partial charge in [0.15, 0.2) is 6.10 Å². The topological polar surface area (TPSA) is 113 Å². The van der Waals surface area contributed by atoms with E-state index in [4.69, 9.17) is 10.2 Å². The predicted octanol–water partition coefficient (Wildman–Crippen LogP) is 0.184. The highest BCUT2D eigenvalue weighted by molar-refractivity contribution is 8.07. The molecule has 0 aromatic rings. The third-order valence-electron chi connectivity index (χ3n) is 1.39. The Morgan fingerprint density at radius 2 is 2.00 bits per heavy atom. The van der Waals surface area contributed by atoms with Crippen LogP contribution >= 0.6 is 6.72 Å². The molecular formula is C6H11O7PS. The van der Waals surface area contributed by atoms with Crippen LogP contribution in [0.15, 0.2) is 0 Å². The minimum atomic E-state index is -3.58. The summed E-state index contributed by atoms with van der Waals surface area (Å²) in [7, 11) is 1.08. The first-order chi connectivity index (χ1) is 6.78. The molecule has 0 spiro atoms. The van der Waals surface area contributed by atoms with Crippen molar-refractivity contribution in [2.75, 3.05) is 7.11 Å². The van der Waals surface area contributed by atoms with Crippen molar-refractivity contribution in [2.24, 2.45) is 0 Å². The minimum absolute atomic E-state index is 0.285. The van der Waals surface area contributed by atoms with Crippen molar-refractivity contribution in [1.82, 2.24) is 0 Å². The summed E-state index contributed by atoms with van der Waals surface area (Å²) < 4.78 is 8.97. The average molecular weight is 258 g/mol.